The lowest BCUT2D eigenvalue weighted by Gasteiger charge is -1.91. The number of pyridine rings is 2. The van der Waals surface area contributed by atoms with Crippen LogP contribution in [0, 0.1) is 20.5 Å². The second kappa shape index (κ2) is 6.01. The zero-order valence-corrected chi connectivity index (χ0v) is 8.67. The third-order valence-electron chi connectivity index (χ3n) is 1.68. The molecule has 0 unspecified atom stereocenters. The Balaban J connectivity index is 0.000000181. The molecule has 17 heavy (non-hydrogen) atoms. The summed E-state index contributed by atoms with van der Waals surface area (Å²) in [5.41, 5.74) is -0.0768. The Morgan fingerprint density at radius 3 is 1.71 bits per heavy atom. The molecule has 0 atom stereocenters. The smallest absolute Gasteiger partial charge is 0.281 e. The monoisotopic (exact) mass is 235 g/mol. The minimum atomic E-state index is -0.556. The first-order valence-electron chi connectivity index (χ1n) is 4.56. The number of aromatic nitrogens is 2. The van der Waals surface area contributed by atoms with Gasteiger partial charge in [-0.1, -0.05) is 6.07 Å². The van der Waals surface area contributed by atoms with Crippen LogP contribution in [0.5, 0.6) is 0 Å². The highest BCUT2D eigenvalue weighted by atomic mass is 16.6. The average Bonchev–Trinajstić information content (AvgIpc) is 2.31. The van der Waals surface area contributed by atoms with Crippen molar-refractivity contribution >= 4 is 5.69 Å². The lowest BCUT2D eigenvalue weighted by molar-refractivity contribution is -0.606. The third kappa shape index (κ3) is 4.56. The molecule has 2 aromatic heterocycles. The van der Waals surface area contributed by atoms with Gasteiger partial charge in [0.1, 0.15) is 0 Å². The Kier molecular flexibility index (Phi) is 4.37. The molecule has 0 N–H and O–H groups in total. The highest BCUT2D eigenvalue weighted by Gasteiger charge is 2.04. The van der Waals surface area contributed by atoms with Crippen LogP contribution in [0.3, 0.4) is 0 Å². The highest BCUT2D eigenvalue weighted by Crippen LogP contribution is 2.04. The highest BCUT2D eigenvalue weighted by molar-refractivity contribution is 5.23. The Labute approximate surface area is 96.5 Å². The van der Waals surface area contributed by atoms with E-state index in [1.807, 2.05) is 0 Å². The number of rotatable bonds is 1. The van der Waals surface area contributed by atoms with Crippen molar-refractivity contribution in [2.24, 2.45) is 0 Å². The quantitative estimate of drug-likeness (QED) is 0.312. The number of nitrogens with zero attached hydrogens (tertiary/aromatic N) is 3. The number of nitro groups is 1. The molecule has 7 heteroatoms. The molecule has 0 radical (unpaired) electrons. The van der Waals surface area contributed by atoms with Crippen LogP contribution < -0.4 is 9.46 Å². The van der Waals surface area contributed by atoms with Crippen LogP contribution in [0.15, 0.2) is 55.1 Å². The summed E-state index contributed by atoms with van der Waals surface area (Å²) in [5, 5.41) is 30.5. The SMILES string of the molecule is O=[N+]([O-])c1cc[n+]([O-])cc1.[O-][n+]1ccccc1. The molecule has 2 rings (SSSR count). The van der Waals surface area contributed by atoms with E-state index in [1.165, 1.54) is 12.4 Å². The minimum Gasteiger partial charge on any atom is -0.619 e. The van der Waals surface area contributed by atoms with Crippen LogP contribution in [0.25, 0.3) is 0 Å². The fourth-order valence-electron chi connectivity index (χ4n) is 0.909. The summed E-state index contributed by atoms with van der Waals surface area (Å²) in [7, 11) is 0. The Morgan fingerprint density at radius 1 is 0.882 bits per heavy atom. The van der Waals surface area contributed by atoms with E-state index in [4.69, 9.17) is 0 Å². The minimum absolute atomic E-state index is 0.0768. The maximum atomic E-state index is 10.3. The molecule has 0 aromatic carbocycles. The van der Waals surface area contributed by atoms with Gasteiger partial charge < -0.3 is 10.4 Å². The largest absolute Gasteiger partial charge is 0.619 e. The van der Waals surface area contributed by atoms with Gasteiger partial charge in [-0.3, -0.25) is 10.1 Å². The summed E-state index contributed by atoms with van der Waals surface area (Å²) in [6, 6.07) is 7.47. The van der Waals surface area contributed by atoms with E-state index in [0.29, 0.717) is 4.73 Å². The van der Waals surface area contributed by atoms with Crippen molar-refractivity contribution in [3.05, 3.63) is 75.6 Å². The Morgan fingerprint density at radius 2 is 1.35 bits per heavy atom. The molecular weight excluding hydrogens is 226 g/mol. The van der Waals surface area contributed by atoms with E-state index < -0.39 is 4.92 Å². The molecule has 0 saturated heterocycles. The fourth-order valence-corrected chi connectivity index (χ4v) is 0.909. The third-order valence-corrected chi connectivity index (χ3v) is 1.68. The van der Waals surface area contributed by atoms with Crippen molar-refractivity contribution in [1.82, 2.24) is 0 Å². The molecule has 0 aliphatic heterocycles. The molecule has 2 heterocycles. The van der Waals surface area contributed by atoms with Crippen LogP contribution in [0.1, 0.15) is 0 Å². The molecule has 0 aliphatic carbocycles. The number of hydrogen-bond donors (Lipinski definition) is 0. The van der Waals surface area contributed by atoms with E-state index in [1.54, 1.807) is 18.2 Å². The van der Waals surface area contributed by atoms with Crippen molar-refractivity contribution in [2.75, 3.05) is 0 Å². The van der Waals surface area contributed by atoms with Crippen molar-refractivity contribution in [2.45, 2.75) is 0 Å². The van der Waals surface area contributed by atoms with E-state index in [0.717, 1.165) is 29.3 Å². The summed E-state index contributed by atoms with van der Waals surface area (Å²) < 4.78 is 1.24. The van der Waals surface area contributed by atoms with Crippen LogP contribution in [0.2, 0.25) is 0 Å². The Hall–Kier alpha value is -2.70. The van der Waals surface area contributed by atoms with Gasteiger partial charge in [-0.15, -0.1) is 0 Å². The van der Waals surface area contributed by atoms with E-state index >= 15 is 0 Å². The maximum Gasteiger partial charge on any atom is 0.281 e. The predicted octanol–water partition coefficient (Wildman–Crippen LogP) is 0.548. The van der Waals surface area contributed by atoms with Crippen molar-refractivity contribution in [3.8, 4) is 0 Å². The van der Waals surface area contributed by atoms with Gasteiger partial charge in [0.15, 0.2) is 24.8 Å². The van der Waals surface area contributed by atoms with Crippen molar-refractivity contribution in [3.63, 3.8) is 0 Å². The first-order valence-corrected chi connectivity index (χ1v) is 4.56. The van der Waals surface area contributed by atoms with Crippen LogP contribution in [-0.4, -0.2) is 4.92 Å². The van der Waals surface area contributed by atoms with Crippen LogP contribution >= 0.6 is 0 Å². The lowest BCUT2D eigenvalue weighted by Crippen LogP contribution is -2.23. The van der Waals surface area contributed by atoms with Crippen LogP contribution in [0.4, 0.5) is 5.69 Å². The molecule has 0 aliphatic rings. The first kappa shape index (κ1) is 12.4. The predicted molar refractivity (Wildman–Crippen MR) is 57.5 cm³/mol. The maximum absolute atomic E-state index is 10.3. The Bertz CT molecular complexity index is 473. The summed E-state index contributed by atoms with van der Waals surface area (Å²) in [5.74, 6) is 0. The molecule has 0 saturated carbocycles. The fraction of sp³-hybridized carbons (Fsp3) is 0. The average molecular weight is 235 g/mol. The van der Waals surface area contributed by atoms with Gasteiger partial charge >= 0.3 is 0 Å². The molecular formula is C10H9N3O4. The second-order valence-corrected chi connectivity index (χ2v) is 2.91. The van der Waals surface area contributed by atoms with Gasteiger partial charge in [-0.2, -0.15) is 9.46 Å². The molecule has 2 aromatic rings. The number of hydrogen-bond acceptors (Lipinski definition) is 4. The van der Waals surface area contributed by atoms with E-state index in [2.05, 4.69) is 0 Å². The van der Waals surface area contributed by atoms with E-state index in [-0.39, 0.29) is 5.69 Å². The summed E-state index contributed by atoms with van der Waals surface area (Å²) in [6.07, 6.45) is 5.05. The summed E-state index contributed by atoms with van der Waals surface area (Å²) in [4.78, 5) is 9.45. The molecule has 0 spiro atoms. The molecule has 0 amide bonds. The van der Waals surface area contributed by atoms with Gasteiger partial charge in [0.2, 0.25) is 0 Å². The molecule has 0 bridgehead atoms. The van der Waals surface area contributed by atoms with Crippen LogP contribution in [-0.2, 0) is 0 Å². The lowest BCUT2D eigenvalue weighted by atomic mass is 10.4. The molecule has 88 valence electrons. The second-order valence-electron chi connectivity index (χ2n) is 2.91. The van der Waals surface area contributed by atoms with Gasteiger partial charge in [-0.05, 0) is 0 Å². The van der Waals surface area contributed by atoms with Crippen molar-refractivity contribution < 1.29 is 14.4 Å². The van der Waals surface area contributed by atoms with Gasteiger partial charge in [0, 0.05) is 12.1 Å². The van der Waals surface area contributed by atoms with E-state index in [9.17, 15) is 20.5 Å². The normalized spacial score (nSPS) is 8.94. The van der Waals surface area contributed by atoms with Crippen molar-refractivity contribution in [1.29, 1.82) is 0 Å². The standard InChI is InChI=1S/C5H4N2O3.C5H5NO/c8-6-3-1-5(2-4-6)7(9)10;7-6-4-2-1-3-5-6/h1-4H;1-5H. The zero-order chi connectivity index (χ0) is 12.7. The van der Waals surface area contributed by atoms with Gasteiger partial charge in [0.25, 0.3) is 5.69 Å². The molecule has 0 fully saturated rings. The molecule has 7 nitrogen and oxygen atoms in total. The summed E-state index contributed by atoms with van der Waals surface area (Å²) >= 11 is 0. The summed E-state index contributed by atoms with van der Waals surface area (Å²) in [6.45, 7) is 0. The topological polar surface area (TPSA) is 97.0 Å². The van der Waals surface area contributed by atoms with Gasteiger partial charge in [0.05, 0.1) is 17.1 Å². The van der Waals surface area contributed by atoms with Gasteiger partial charge in [-0.25, -0.2) is 0 Å². The first-order chi connectivity index (χ1) is 8.09. The zero-order valence-electron chi connectivity index (χ0n) is 8.67.